The van der Waals surface area contributed by atoms with Crippen LogP contribution < -0.4 is 0 Å². The molecule has 0 spiro atoms. The first-order valence-electron chi connectivity index (χ1n) is 5.46. The molecule has 0 saturated heterocycles. The SMILES string of the molecule is OC1C=CC=CC1(Cl)C1CCCCC1. The zero-order valence-electron chi connectivity index (χ0n) is 8.32. The van der Waals surface area contributed by atoms with Crippen molar-refractivity contribution in [2.75, 3.05) is 0 Å². The molecule has 1 nitrogen and oxygen atoms in total. The Morgan fingerprint density at radius 3 is 2.50 bits per heavy atom. The molecule has 0 bridgehead atoms. The summed E-state index contributed by atoms with van der Waals surface area (Å²) in [5.41, 5.74) is 0. The van der Waals surface area contributed by atoms with Crippen molar-refractivity contribution in [2.24, 2.45) is 5.92 Å². The van der Waals surface area contributed by atoms with E-state index in [0.29, 0.717) is 5.92 Å². The fourth-order valence-electron chi connectivity index (χ4n) is 2.54. The first kappa shape index (κ1) is 10.3. The monoisotopic (exact) mass is 212 g/mol. The number of allylic oxidation sites excluding steroid dienone is 2. The number of alkyl halides is 1. The van der Waals surface area contributed by atoms with E-state index in [4.69, 9.17) is 11.6 Å². The van der Waals surface area contributed by atoms with Crippen LogP contribution in [0.4, 0.5) is 0 Å². The number of aliphatic hydroxyl groups is 1. The topological polar surface area (TPSA) is 20.2 Å². The predicted octanol–water partition coefficient (Wildman–Crippen LogP) is 3.03. The minimum Gasteiger partial charge on any atom is -0.387 e. The molecule has 0 aromatic heterocycles. The number of aliphatic hydroxyl groups excluding tert-OH is 1. The molecule has 2 atom stereocenters. The summed E-state index contributed by atoms with van der Waals surface area (Å²) in [5, 5.41) is 9.91. The highest BCUT2D eigenvalue weighted by Gasteiger charge is 2.41. The van der Waals surface area contributed by atoms with Crippen molar-refractivity contribution in [2.45, 2.75) is 43.1 Å². The number of hydrogen-bond donors (Lipinski definition) is 1. The van der Waals surface area contributed by atoms with E-state index < -0.39 is 11.0 Å². The van der Waals surface area contributed by atoms with Crippen LogP contribution in [0.5, 0.6) is 0 Å². The van der Waals surface area contributed by atoms with Crippen LogP contribution in [0.3, 0.4) is 0 Å². The normalized spacial score (nSPS) is 38.9. The Hall–Kier alpha value is -0.270. The van der Waals surface area contributed by atoms with Gasteiger partial charge in [-0.3, -0.25) is 0 Å². The molecular formula is C12H17ClO. The van der Waals surface area contributed by atoms with Crippen LogP contribution in [0.2, 0.25) is 0 Å². The van der Waals surface area contributed by atoms with Crippen molar-refractivity contribution < 1.29 is 5.11 Å². The highest BCUT2D eigenvalue weighted by molar-refractivity contribution is 6.26. The Morgan fingerprint density at radius 2 is 1.86 bits per heavy atom. The highest BCUT2D eigenvalue weighted by Crippen LogP contribution is 2.41. The molecule has 0 radical (unpaired) electrons. The standard InChI is InChI=1S/C12H17ClO/c13-12(9-5-4-8-11(12)14)10-6-2-1-3-7-10/h4-5,8-11,14H,1-3,6-7H2. The molecule has 2 rings (SSSR count). The Morgan fingerprint density at radius 1 is 1.14 bits per heavy atom. The average Bonchev–Trinajstić information content (AvgIpc) is 2.24. The predicted molar refractivity (Wildman–Crippen MR) is 59.4 cm³/mol. The van der Waals surface area contributed by atoms with Crippen molar-refractivity contribution in [3.63, 3.8) is 0 Å². The maximum atomic E-state index is 9.91. The lowest BCUT2D eigenvalue weighted by molar-refractivity contribution is 0.138. The second-order valence-corrected chi connectivity index (χ2v) is 5.01. The molecule has 0 heterocycles. The smallest absolute Gasteiger partial charge is 0.0953 e. The fraction of sp³-hybridized carbons (Fsp3) is 0.667. The summed E-state index contributed by atoms with van der Waals surface area (Å²) in [6.07, 6.45) is 13.2. The molecule has 2 heteroatoms. The summed E-state index contributed by atoms with van der Waals surface area (Å²) in [5.74, 6) is 0.439. The average molecular weight is 213 g/mol. The molecule has 0 aromatic rings. The van der Waals surface area contributed by atoms with Crippen LogP contribution in [-0.2, 0) is 0 Å². The summed E-state index contributed by atoms with van der Waals surface area (Å²) in [6, 6.07) is 0. The van der Waals surface area contributed by atoms with Gasteiger partial charge in [-0.1, -0.05) is 43.6 Å². The number of rotatable bonds is 1. The Balaban J connectivity index is 2.13. The van der Waals surface area contributed by atoms with Crippen molar-refractivity contribution in [3.8, 4) is 0 Å². The fourth-order valence-corrected chi connectivity index (χ4v) is 2.90. The molecule has 0 amide bonds. The van der Waals surface area contributed by atoms with E-state index in [2.05, 4.69) is 0 Å². The maximum absolute atomic E-state index is 9.91. The van der Waals surface area contributed by atoms with Crippen LogP contribution in [-0.4, -0.2) is 16.1 Å². The molecular weight excluding hydrogens is 196 g/mol. The lowest BCUT2D eigenvalue weighted by atomic mass is 9.75. The second-order valence-electron chi connectivity index (χ2n) is 4.35. The van der Waals surface area contributed by atoms with Gasteiger partial charge in [0, 0.05) is 0 Å². The van der Waals surface area contributed by atoms with Gasteiger partial charge in [-0.2, -0.15) is 0 Å². The van der Waals surface area contributed by atoms with E-state index in [0.717, 1.165) is 12.8 Å². The van der Waals surface area contributed by atoms with Crippen molar-refractivity contribution >= 4 is 11.6 Å². The van der Waals surface area contributed by atoms with E-state index in [1.165, 1.54) is 19.3 Å². The third-order valence-corrected chi connectivity index (χ3v) is 4.10. The largest absolute Gasteiger partial charge is 0.387 e. The first-order valence-corrected chi connectivity index (χ1v) is 5.84. The highest BCUT2D eigenvalue weighted by atomic mass is 35.5. The summed E-state index contributed by atoms with van der Waals surface area (Å²) in [6.45, 7) is 0. The van der Waals surface area contributed by atoms with Gasteiger partial charge in [-0.05, 0) is 18.8 Å². The molecule has 0 aliphatic heterocycles. The van der Waals surface area contributed by atoms with Gasteiger partial charge in [0.2, 0.25) is 0 Å². The summed E-state index contributed by atoms with van der Waals surface area (Å²) >= 11 is 6.52. The van der Waals surface area contributed by atoms with Crippen molar-refractivity contribution in [1.29, 1.82) is 0 Å². The van der Waals surface area contributed by atoms with Crippen LogP contribution in [0, 0.1) is 5.92 Å². The molecule has 2 aliphatic carbocycles. The van der Waals surface area contributed by atoms with Crippen LogP contribution in [0.25, 0.3) is 0 Å². The quantitative estimate of drug-likeness (QED) is 0.663. The maximum Gasteiger partial charge on any atom is 0.0953 e. The summed E-state index contributed by atoms with van der Waals surface area (Å²) < 4.78 is 0. The summed E-state index contributed by atoms with van der Waals surface area (Å²) in [7, 11) is 0. The lowest BCUT2D eigenvalue weighted by Crippen LogP contribution is -2.43. The van der Waals surface area contributed by atoms with Crippen molar-refractivity contribution in [3.05, 3.63) is 24.3 Å². The van der Waals surface area contributed by atoms with Crippen molar-refractivity contribution in [1.82, 2.24) is 0 Å². The number of hydrogen-bond acceptors (Lipinski definition) is 1. The van der Waals surface area contributed by atoms with E-state index >= 15 is 0 Å². The third-order valence-electron chi connectivity index (χ3n) is 3.44. The summed E-state index contributed by atoms with van der Waals surface area (Å²) in [4.78, 5) is -0.533. The third kappa shape index (κ3) is 1.76. The molecule has 1 N–H and O–H groups in total. The van der Waals surface area contributed by atoms with Gasteiger partial charge in [0.1, 0.15) is 0 Å². The molecule has 1 saturated carbocycles. The Kier molecular flexibility index (Phi) is 2.99. The molecule has 78 valence electrons. The molecule has 0 aromatic carbocycles. The van der Waals surface area contributed by atoms with E-state index in [1.807, 2.05) is 18.2 Å². The zero-order valence-corrected chi connectivity index (χ0v) is 9.08. The minimum atomic E-state index is -0.533. The molecule has 2 unspecified atom stereocenters. The Labute approximate surface area is 90.5 Å². The molecule has 1 fully saturated rings. The van der Waals surface area contributed by atoms with Gasteiger partial charge in [0.05, 0.1) is 11.0 Å². The van der Waals surface area contributed by atoms with Gasteiger partial charge in [0.15, 0.2) is 0 Å². The van der Waals surface area contributed by atoms with Gasteiger partial charge < -0.3 is 5.11 Å². The Bertz CT molecular complexity index is 253. The molecule has 2 aliphatic rings. The van der Waals surface area contributed by atoms with Gasteiger partial charge in [-0.15, -0.1) is 11.6 Å². The van der Waals surface area contributed by atoms with Crippen LogP contribution in [0.15, 0.2) is 24.3 Å². The minimum absolute atomic E-state index is 0.439. The van der Waals surface area contributed by atoms with Gasteiger partial charge in [0.25, 0.3) is 0 Å². The van der Waals surface area contributed by atoms with E-state index in [9.17, 15) is 5.11 Å². The van der Waals surface area contributed by atoms with Gasteiger partial charge in [-0.25, -0.2) is 0 Å². The molecule has 14 heavy (non-hydrogen) atoms. The van der Waals surface area contributed by atoms with Crippen LogP contribution in [0.1, 0.15) is 32.1 Å². The van der Waals surface area contributed by atoms with Gasteiger partial charge >= 0.3 is 0 Å². The second kappa shape index (κ2) is 4.08. The van der Waals surface area contributed by atoms with E-state index in [-0.39, 0.29) is 0 Å². The first-order chi connectivity index (χ1) is 6.73. The van der Waals surface area contributed by atoms with E-state index in [1.54, 1.807) is 6.08 Å². The number of halogens is 1. The van der Waals surface area contributed by atoms with Crippen LogP contribution >= 0.6 is 11.6 Å². The lowest BCUT2D eigenvalue weighted by Gasteiger charge is -2.39. The zero-order chi connectivity index (χ0) is 10.0.